The lowest BCUT2D eigenvalue weighted by atomic mass is 10.2. The maximum atomic E-state index is 11.6. The number of hydrogen-bond acceptors (Lipinski definition) is 5. The van der Waals surface area contributed by atoms with Crippen molar-refractivity contribution < 1.29 is 19.0 Å². The molecule has 3 rings (SSSR count). The summed E-state index contributed by atoms with van der Waals surface area (Å²) in [5.74, 6) is 1.12. The first-order chi connectivity index (χ1) is 11.8. The summed E-state index contributed by atoms with van der Waals surface area (Å²) in [6.07, 6.45) is 0. The molecule has 0 amide bonds. The topological polar surface area (TPSA) is 48.0 Å². The van der Waals surface area contributed by atoms with Crippen LogP contribution in [0.3, 0.4) is 0 Å². The van der Waals surface area contributed by atoms with Gasteiger partial charge in [-0.05, 0) is 55.5 Å². The van der Waals surface area contributed by atoms with Crippen LogP contribution in [0.1, 0.15) is 17.3 Å². The quantitative estimate of drug-likeness (QED) is 0.787. The average molecular weight is 327 g/mol. The summed E-state index contributed by atoms with van der Waals surface area (Å²) in [6.45, 7) is 5.52. The van der Waals surface area contributed by atoms with Crippen molar-refractivity contribution >= 4 is 11.7 Å². The predicted molar refractivity (Wildman–Crippen MR) is 91.9 cm³/mol. The molecule has 0 spiro atoms. The number of nitrogens with zero attached hydrogens (tertiary/aromatic N) is 1. The van der Waals surface area contributed by atoms with Crippen molar-refractivity contribution in [1.82, 2.24) is 0 Å². The Labute approximate surface area is 141 Å². The molecule has 0 aliphatic carbocycles. The van der Waals surface area contributed by atoms with E-state index in [2.05, 4.69) is 4.90 Å². The van der Waals surface area contributed by atoms with Gasteiger partial charge in [-0.25, -0.2) is 4.79 Å². The van der Waals surface area contributed by atoms with Gasteiger partial charge in [-0.3, -0.25) is 0 Å². The minimum absolute atomic E-state index is 0.320. The fraction of sp³-hybridized carbons (Fsp3) is 0.316. The number of carbonyl (C=O) groups is 1. The molecule has 5 heteroatoms. The van der Waals surface area contributed by atoms with Gasteiger partial charge in [-0.1, -0.05) is 0 Å². The third-order valence-electron chi connectivity index (χ3n) is 3.81. The van der Waals surface area contributed by atoms with Crippen LogP contribution in [0.5, 0.6) is 11.5 Å². The summed E-state index contributed by atoms with van der Waals surface area (Å²) in [6, 6.07) is 14.9. The molecule has 0 aromatic heterocycles. The van der Waals surface area contributed by atoms with Gasteiger partial charge in [-0.2, -0.15) is 0 Å². The first-order valence-corrected chi connectivity index (χ1v) is 8.14. The minimum Gasteiger partial charge on any atom is -0.462 e. The molecule has 0 radical (unpaired) electrons. The molecule has 126 valence electrons. The van der Waals surface area contributed by atoms with Gasteiger partial charge in [0.25, 0.3) is 0 Å². The normalized spacial score (nSPS) is 14.3. The Morgan fingerprint density at radius 3 is 2.17 bits per heavy atom. The Bertz CT molecular complexity index is 661. The molecule has 0 atom stereocenters. The molecule has 1 saturated heterocycles. The molecular weight excluding hydrogens is 306 g/mol. The standard InChI is InChI=1S/C19H21NO4/c1-2-23-19(21)15-3-7-17(8-4-15)24-18-9-5-16(6-10-18)20-11-13-22-14-12-20/h3-10H,2,11-14H2,1H3. The zero-order valence-corrected chi connectivity index (χ0v) is 13.7. The van der Waals surface area contributed by atoms with Crippen LogP contribution in [0.2, 0.25) is 0 Å². The summed E-state index contributed by atoms with van der Waals surface area (Å²) in [7, 11) is 0. The van der Waals surface area contributed by atoms with Gasteiger partial charge in [0, 0.05) is 18.8 Å². The maximum Gasteiger partial charge on any atom is 0.338 e. The van der Waals surface area contributed by atoms with Crippen molar-refractivity contribution in [2.24, 2.45) is 0 Å². The van der Waals surface area contributed by atoms with E-state index in [1.54, 1.807) is 31.2 Å². The van der Waals surface area contributed by atoms with Gasteiger partial charge < -0.3 is 19.1 Å². The first kappa shape index (κ1) is 16.3. The van der Waals surface area contributed by atoms with E-state index in [0.29, 0.717) is 17.9 Å². The second-order valence-electron chi connectivity index (χ2n) is 5.44. The highest BCUT2D eigenvalue weighted by Gasteiger charge is 2.11. The summed E-state index contributed by atoms with van der Waals surface area (Å²) >= 11 is 0. The molecule has 0 N–H and O–H groups in total. The van der Waals surface area contributed by atoms with E-state index in [4.69, 9.17) is 14.2 Å². The number of morpholine rings is 1. The molecule has 24 heavy (non-hydrogen) atoms. The van der Waals surface area contributed by atoms with Gasteiger partial charge in [0.05, 0.1) is 25.4 Å². The van der Waals surface area contributed by atoms with Crippen LogP contribution < -0.4 is 9.64 Å². The van der Waals surface area contributed by atoms with Crippen molar-refractivity contribution in [3.8, 4) is 11.5 Å². The Morgan fingerprint density at radius 2 is 1.58 bits per heavy atom. The van der Waals surface area contributed by atoms with Crippen LogP contribution in [0.25, 0.3) is 0 Å². The lowest BCUT2D eigenvalue weighted by Gasteiger charge is -2.28. The monoisotopic (exact) mass is 327 g/mol. The summed E-state index contributed by atoms with van der Waals surface area (Å²) in [4.78, 5) is 13.9. The van der Waals surface area contributed by atoms with Crippen molar-refractivity contribution in [2.75, 3.05) is 37.8 Å². The molecule has 1 aliphatic heterocycles. The number of ether oxygens (including phenoxy) is 3. The molecule has 0 saturated carbocycles. The molecule has 1 aliphatic rings. The van der Waals surface area contributed by atoms with Gasteiger partial charge in [0.15, 0.2) is 0 Å². The number of benzene rings is 2. The third-order valence-corrected chi connectivity index (χ3v) is 3.81. The number of rotatable bonds is 5. The number of carbonyl (C=O) groups excluding carboxylic acids is 1. The van der Waals surface area contributed by atoms with Crippen LogP contribution in [-0.2, 0) is 9.47 Å². The van der Waals surface area contributed by atoms with E-state index in [1.165, 1.54) is 5.69 Å². The van der Waals surface area contributed by atoms with Crippen molar-refractivity contribution in [2.45, 2.75) is 6.92 Å². The van der Waals surface area contributed by atoms with Crippen LogP contribution in [0.4, 0.5) is 5.69 Å². The Balaban J connectivity index is 1.62. The number of hydrogen-bond donors (Lipinski definition) is 0. The summed E-state index contributed by atoms with van der Waals surface area (Å²) < 4.78 is 16.1. The van der Waals surface area contributed by atoms with Gasteiger partial charge in [0.2, 0.25) is 0 Å². The molecule has 2 aromatic carbocycles. The first-order valence-electron chi connectivity index (χ1n) is 8.14. The molecule has 0 unspecified atom stereocenters. The third kappa shape index (κ3) is 4.06. The molecule has 2 aromatic rings. The summed E-state index contributed by atoms with van der Waals surface area (Å²) in [5, 5.41) is 0. The highest BCUT2D eigenvalue weighted by molar-refractivity contribution is 5.89. The number of esters is 1. The molecule has 5 nitrogen and oxygen atoms in total. The van der Waals surface area contributed by atoms with Gasteiger partial charge >= 0.3 is 5.97 Å². The highest BCUT2D eigenvalue weighted by atomic mass is 16.5. The van der Waals surface area contributed by atoms with Gasteiger partial charge in [-0.15, -0.1) is 0 Å². The number of anilines is 1. The highest BCUT2D eigenvalue weighted by Crippen LogP contribution is 2.25. The zero-order valence-electron chi connectivity index (χ0n) is 13.7. The largest absolute Gasteiger partial charge is 0.462 e. The van der Waals surface area contributed by atoms with Crippen LogP contribution in [-0.4, -0.2) is 38.9 Å². The van der Waals surface area contributed by atoms with Gasteiger partial charge in [0.1, 0.15) is 11.5 Å². The lowest BCUT2D eigenvalue weighted by Crippen LogP contribution is -2.36. The van der Waals surface area contributed by atoms with E-state index in [-0.39, 0.29) is 5.97 Å². The Hall–Kier alpha value is -2.53. The zero-order chi connectivity index (χ0) is 16.8. The van der Waals surface area contributed by atoms with Crippen molar-refractivity contribution in [3.63, 3.8) is 0 Å². The SMILES string of the molecule is CCOC(=O)c1ccc(Oc2ccc(N3CCOCC3)cc2)cc1. The minimum atomic E-state index is -0.320. The fourth-order valence-electron chi connectivity index (χ4n) is 2.56. The Kier molecular flexibility index (Phi) is 5.33. The van der Waals surface area contributed by atoms with E-state index in [1.807, 2.05) is 24.3 Å². The smallest absolute Gasteiger partial charge is 0.338 e. The second-order valence-corrected chi connectivity index (χ2v) is 5.44. The van der Waals surface area contributed by atoms with E-state index in [9.17, 15) is 4.79 Å². The van der Waals surface area contributed by atoms with Crippen LogP contribution >= 0.6 is 0 Å². The molecule has 0 bridgehead atoms. The van der Waals surface area contributed by atoms with Crippen molar-refractivity contribution in [3.05, 3.63) is 54.1 Å². The molecule has 1 fully saturated rings. The average Bonchev–Trinajstić information content (AvgIpc) is 2.64. The Morgan fingerprint density at radius 1 is 1.00 bits per heavy atom. The van der Waals surface area contributed by atoms with E-state index < -0.39 is 0 Å². The molecule has 1 heterocycles. The van der Waals surface area contributed by atoms with Crippen molar-refractivity contribution in [1.29, 1.82) is 0 Å². The lowest BCUT2D eigenvalue weighted by molar-refractivity contribution is 0.0526. The van der Waals surface area contributed by atoms with Crippen LogP contribution in [0, 0.1) is 0 Å². The molecular formula is C19H21NO4. The fourth-order valence-corrected chi connectivity index (χ4v) is 2.56. The second kappa shape index (κ2) is 7.84. The maximum absolute atomic E-state index is 11.6. The van der Waals surface area contributed by atoms with Crippen LogP contribution in [0.15, 0.2) is 48.5 Å². The van der Waals surface area contributed by atoms with E-state index >= 15 is 0 Å². The van der Waals surface area contributed by atoms with E-state index in [0.717, 1.165) is 32.1 Å². The summed E-state index contributed by atoms with van der Waals surface area (Å²) in [5.41, 5.74) is 1.69. The predicted octanol–water partition coefficient (Wildman–Crippen LogP) is 3.49.